The molecule has 0 spiro atoms. The number of amides is 1. The highest BCUT2D eigenvalue weighted by Gasteiger charge is 2.54. The number of carboxylic acids is 1. The molecule has 7 nitrogen and oxygen atoms in total. The van der Waals surface area contributed by atoms with Gasteiger partial charge >= 0.3 is 0 Å². The van der Waals surface area contributed by atoms with Crippen molar-refractivity contribution in [3.05, 3.63) is 9.93 Å². The minimum atomic E-state index is -1.30. The molecular weight excluding hydrogens is 641 g/mol. The zero-order valence-electron chi connectivity index (χ0n) is 29.7. The van der Waals surface area contributed by atoms with Crippen LogP contribution in [0.25, 0.3) is 0 Å². The van der Waals surface area contributed by atoms with Gasteiger partial charge in [0.1, 0.15) is 0 Å². The van der Waals surface area contributed by atoms with Gasteiger partial charge in [0.15, 0.2) is 9.76 Å². The number of rotatable bonds is 21. The van der Waals surface area contributed by atoms with Gasteiger partial charge in [-0.15, -0.1) is 11.8 Å². The molecule has 0 aromatic heterocycles. The van der Waals surface area contributed by atoms with Crippen LogP contribution >= 0.6 is 23.5 Å². The maximum absolute atomic E-state index is 12.6. The number of quaternary nitrogens is 1. The van der Waals surface area contributed by atoms with Gasteiger partial charge in [0.05, 0.1) is 53.4 Å². The third-order valence-corrected chi connectivity index (χ3v) is 16.5. The molecule has 4 atom stereocenters. The lowest BCUT2D eigenvalue weighted by Crippen LogP contribution is -2.58. The van der Waals surface area contributed by atoms with Crippen LogP contribution in [0.2, 0.25) is 5.04 Å². The first-order chi connectivity index (χ1) is 21.4. The van der Waals surface area contributed by atoms with Crippen LogP contribution in [0.5, 0.6) is 0 Å². The number of nitrogens with zero attached hydrogens (tertiary/aromatic N) is 2. The molecule has 3 rings (SSSR count). The molecule has 0 N–H and O–H groups in total. The topological polar surface area (TPSA) is 86.7 Å². The Morgan fingerprint density at radius 3 is 2.02 bits per heavy atom. The Balaban J connectivity index is 0.000000358. The maximum atomic E-state index is 12.6. The van der Waals surface area contributed by atoms with Crippen molar-refractivity contribution in [1.82, 2.24) is 4.90 Å². The van der Waals surface area contributed by atoms with Crippen LogP contribution in [-0.2, 0) is 24.8 Å². The van der Waals surface area contributed by atoms with Crippen LogP contribution in [0, 0.1) is 11.8 Å². The fourth-order valence-electron chi connectivity index (χ4n) is 5.93. The van der Waals surface area contributed by atoms with Crippen LogP contribution < -0.4 is 5.11 Å². The van der Waals surface area contributed by atoms with Crippen LogP contribution in [0.1, 0.15) is 120 Å². The summed E-state index contributed by atoms with van der Waals surface area (Å²) in [6, 6.07) is 0. The van der Waals surface area contributed by atoms with Gasteiger partial charge in [0.25, 0.3) is 0 Å². The maximum Gasteiger partial charge on any atom is 0.234 e. The molecule has 2 saturated heterocycles. The second-order valence-corrected chi connectivity index (χ2v) is 21.1. The number of β-lactam (4-membered cyclic amide) rings is 1. The smallest absolute Gasteiger partial charge is 0.234 e. The van der Waals surface area contributed by atoms with Gasteiger partial charge in [-0.05, 0) is 49.5 Å². The predicted molar refractivity (Wildman–Crippen MR) is 195 cm³/mol. The van der Waals surface area contributed by atoms with Gasteiger partial charge in [-0.25, -0.2) is 0 Å². The molecule has 3 heterocycles. The van der Waals surface area contributed by atoms with Gasteiger partial charge < -0.3 is 18.8 Å². The summed E-state index contributed by atoms with van der Waals surface area (Å²) in [4.78, 5) is 25.6. The normalized spacial score (nSPS) is 23.6. The SMILES string of the molecule is CC(C)C(C)(C)[SiH2]OCC[C@H]1C(=O)N2C(C(=O)[O-])=C(S[C@H]3CC[S@@](=O)C3)S[C@H]12.CCCC[N+](CCCC)(CCCC)CCCC. The minimum absolute atomic E-state index is 0.00941. The van der Waals surface area contributed by atoms with Gasteiger partial charge in [0.2, 0.25) is 5.91 Å². The zero-order chi connectivity index (χ0) is 33.6. The van der Waals surface area contributed by atoms with Gasteiger partial charge in [0, 0.05) is 34.2 Å². The molecule has 11 heteroatoms. The largest absolute Gasteiger partial charge is 0.543 e. The molecular formula is C34H64N2O5S3Si. The molecule has 45 heavy (non-hydrogen) atoms. The third kappa shape index (κ3) is 12.3. The van der Waals surface area contributed by atoms with Crippen LogP contribution in [0.3, 0.4) is 0 Å². The standard InChI is InChI=1S/C18H29NO5S3Si.C16H36N/c1-10(2)18(3,4)28-24-7-5-12-14(20)19-13(16(21)22)17(26-15(12)19)25-11-6-8-27(23)9-11;1-5-9-13-17(14-10-6-2,15-11-7-3)16-12-8-4/h10-12,15H,5-9,28H2,1-4H3,(H,21,22);5-16H2,1-4H3/q;+1/p-1/t11-,12-,15+,27+;/m0./s1. The summed E-state index contributed by atoms with van der Waals surface area (Å²) >= 11 is 2.90. The van der Waals surface area contributed by atoms with E-state index in [1.165, 1.54) is 110 Å². The molecule has 0 radical (unpaired) electrons. The molecule has 2 fully saturated rings. The lowest BCUT2D eigenvalue weighted by atomic mass is 9.94. The Hall–Kier alpha value is -0.333. The average molecular weight is 705 g/mol. The Kier molecular flexibility index (Phi) is 18.4. The second-order valence-electron chi connectivity index (χ2n) is 14.2. The van der Waals surface area contributed by atoms with Crippen LogP contribution in [0.4, 0.5) is 0 Å². The molecule has 0 saturated carbocycles. The van der Waals surface area contributed by atoms with E-state index in [0.717, 1.165) is 6.42 Å². The lowest BCUT2D eigenvalue weighted by molar-refractivity contribution is -0.929. The Labute approximate surface area is 288 Å². The predicted octanol–water partition coefficient (Wildman–Crippen LogP) is 6.04. The first kappa shape index (κ1) is 40.8. The van der Waals surface area contributed by atoms with E-state index in [0.29, 0.717) is 34.7 Å². The van der Waals surface area contributed by atoms with E-state index >= 15 is 0 Å². The number of hydrogen-bond donors (Lipinski definition) is 0. The fraction of sp³-hybridized carbons (Fsp3) is 0.882. The highest BCUT2D eigenvalue weighted by Crippen LogP contribution is 2.55. The van der Waals surface area contributed by atoms with E-state index in [-0.39, 0.29) is 33.2 Å². The molecule has 0 aromatic rings. The van der Waals surface area contributed by atoms with Crippen LogP contribution in [-0.4, -0.2) is 90.1 Å². The molecule has 3 aliphatic rings. The highest BCUT2D eigenvalue weighted by molar-refractivity contribution is 8.23. The number of fused-ring (bicyclic) bond motifs is 1. The zero-order valence-corrected chi connectivity index (χ0v) is 33.6. The Morgan fingerprint density at radius 2 is 1.60 bits per heavy atom. The van der Waals surface area contributed by atoms with E-state index in [1.54, 1.807) is 0 Å². The number of thioether (sulfide) groups is 2. The number of carbonyl (C=O) groups is 2. The van der Waals surface area contributed by atoms with Gasteiger partial charge in [-0.1, -0.05) is 92.8 Å². The summed E-state index contributed by atoms with van der Waals surface area (Å²) in [6.07, 6.45) is 12.5. The number of hydrogen-bond acceptors (Lipinski definition) is 7. The van der Waals surface area contributed by atoms with E-state index in [2.05, 4.69) is 55.4 Å². The third-order valence-electron chi connectivity index (χ3n) is 9.88. The molecule has 262 valence electrons. The molecule has 3 aliphatic heterocycles. The monoisotopic (exact) mass is 704 g/mol. The summed E-state index contributed by atoms with van der Waals surface area (Å²) in [5.41, 5.74) is 0.00941. The van der Waals surface area contributed by atoms with Crippen LogP contribution in [0.15, 0.2) is 9.93 Å². The second kappa shape index (κ2) is 20.2. The average Bonchev–Trinajstić information content (AvgIpc) is 3.57. The van der Waals surface area contributed by atoms with Crippen molar-refractivity contribution < 1.29 is 27.8 Å². The minimum Gasteiger partial charge on any atom is -0.543 e. The van der Waals surface area contributed by atoms with Crippen molar-refractivity contribution in [1.29, 1.82) is 0 Å². The van der Waals surface area contributed by atoms with Gasteiger partial charge in [-0.2, -0.15) is 0 Å². The number of carboxylic acid groups (broad SMARTS) is 1. The van der Waals surface area contributed by atoms with E-state index < -0.39 is 26.5 Å². The van der Waals surface area contributed by atoms with Crippen molar-refractivity contribution >= 4 is 56.0 Å². The van der Waals surface area contributed by atoms with Crippen molar-refractivity contribution in [2.75, 3.05) is 44.3 Å². The highest BCUT2D eigenvalue weighted by atomic mass is 32.2. The fourth-order valence-corrected chi connectivity index (χ4v) is 12.3. The van der Waals surface area contributed by atoms with E-state index in [9.17, 15) is 18.9 Å². The molecule has 0 unspecified atom stereocenters. The number of carbonyl (C=O) groups excluding carboxylic acids is 2. The lowest BCUT2D eigenvalue weighted by Gasteiger charge is -2.43. The summed E-state index contributed by atoms with van der Waals surface area (Å²) in [5.74, 6) is 0.164. The molecule has 1 amide bonds. The molecule has 0 aromatic carbocycles. The van der Waals surface area contributed by atoms with Crippen molar-refractivity contribution in [2.45, 2.75) is 135 Å². The molecule has 0 aliphatic carbocycles. The first-order valence-corrected chi connectivity index (χ1v) is 22.3. The van der Waals surface area contributed by atoms with Crippen molar-refractivity contribution in [3.63, 3.8) is 0 Å². The Bertz CT molecular complexity index is 955. The summed E-state index contributed by atoms with van der Waals surface area (Å²) < 4.78 is 19.6. The Morgan fingerprint density at radius 1 is 1.07 bits per heavy atom. The number of unbranched alkanes of at least 4 members (excludes halogenated alkanes) is 4. The summed E-state index contributed by atoms with van der Waals surface area (Å²) in [6.45, 7) is 24.4. The van der Waals surface area contributed by atoms with Crippen molar-refractivity contribution in [3.8, 4) is 0 Å². The summed E-state index contributed by atoms with van der Waals surface area (Å²) in [7, 11) is -1.52. The number of aliphatic carboxylic acids is 1. The van der Waals surface area contributed by atoms with Crippen molar-refractivity contribution in [2.24, 2.45) is 11.8 Å². The van der Waals surface area contributed by atoms with E-state index in [4.69, 9.17) is 4.43 Å². The molecule has 0 bridgehead atoms. The summed E-state index contributed by atoms with van der Waals surface area (Å²) in [5, 5.41) is 11.9. The van der Waals surface area contributed by atoms with E-state index in [1.807, 2.05) is 0 Å². The quantitative estimate of drug-likeness (QED) is 0.0624. The first-order valence-electron chi connectivity index (χ1n) is 17.8. The van der Waals surface area contributed by atoms with Gasteiger partial charge in [-0.3, -0.25) is 13.9 Å².